The van der Waals surface area contributed by atoms with Crippen LogP contribution < -0.4 is 9.46 Å². The zero-order valence-corrected chi connectivity index (χ0v) is 28.5. The van der Waals surface area contributed by atoms with E-state index in [1.54, 1.807) is 0 Å². The smallest absolute Gasteiger partial charge is 0.263 e. The number of sulfonamides is 1. The van der Waals surface area contributed by atoms with Crippen LogP contribution in [0.25, 0.3) is 0 Å². The molecule has 254 valence electrons. The minimum Gasteiger partial charge on any atom is -0.472 e. The number of aromatic nitrogens is 3. The fourth-order valence-electron chi connectivity index (χ4n) is 5.35. The number of ether oxygens (including phenoxy) is 2. The number of hydrogen-bond donors (Lipinski definition) is 1. The first-order valence-corrected chi connectivity index (χ1v) is 18.1. The van der Waals surface area contributed by atoms with Crippen LogP contribution in [0.1, 0.15) is 29.2 Å². The average Bonchev–Trinajstić information content (AvgIpc) is 3.14. The lowest BCUT2D eigenvalue weighted by molar-refractivity contribution is -0.0267. The predicted octanol–water partition coefficient (Wildman–Crippen LogP) is 8.02. The van der Waals surface area contributed by atoms with Crippen molar-refractivity contribution in [1.82, 2.24) is 15.0 Å². The summed E-state index contributed by atoms with van der Waals surface area (Å²) >= 11 is 0.998. The minimum atomic E-state index is -4.06. The Labute approximate surface area is 293 Å². The summed E-state index contributed by atoms with van der Waals surface area (Å²) in [4.78, 5) is 12.7. The average molecular weight is 711 g/mol. The summed E-state index contributed by atoms with van der Waals surface area (Å²) in [5.41, 5.74) is 1.87. The second-order valence-electron chi connectivity index (χ2n) is 11.2. The lowest BCUT2D eigenvalue weighted by Gasteiger charge is -2.36. The molecule has 0 saturated heterocycles. The highest BCUT2D eigenvalue weighted by Gasteiger charge is 2.38. The van der Waals surface area contributed by atoms with Gasteiger partial charge in [-0.1, -0.05) is 115 Å². The lowest BCUT2D eigenvalue weighted by Crippen LogP contribution is -2.36. The van der Waals surface area contributed by atoms with Gasteiger partial charge in [-0.15, -0.1) is 0 Å². The van der Waals surface area contributed by atoms with Gasteiger partial charge in [-0.3, -0.25) is 9.71 Å². The molecule has 1 N–H and O–H groups in total. The zero-order chi connectivity index (χ0) is 35.0. The van der Waals surface area contributed by atoms with Crippen LogP contribution in [0.5, 0.6) is 5.88 Å². The molecule has 0 amide bonds. The Hall–Kier alpha value is -5.17. The zero-order valence-electron chi connectivity index (χ0n) is 26.8. The van der Waals surface area contributed by atoms with Gasteiger partial charge < -0.3 is 9.47 Å². The van der Waals surface area contributed by atoms with Gasteiger partial charge in [0.15, 0.2) is 16.8 Å². The Balaban J connectivity index is 1.30. The van der Waals surface area contributed by atoms with E-state index in [0.29, 0.717) is 0 Å². The van der Waals surface area contributed by atoms with Crippen molar-refractivity contribution in [2.75, 3.05) is 11.3 Å². The summed E-state index contributed by atoms with van der Waals surface area (Å²) in [6.07, 6.45) is 2.13. The Bertz CT molecular complexity index is 2030. The second kappa shape index (κ2) is 15.6. The van der Waals surface area contributed by atoms with Crippen LogP contribution in [0.2, 0.25) is 0 Å². The third-order valence-electron chi connectivity index (χ3n) is 7.67. The molecule has 0 fully saturated rings. The highest BCUT2D eigenvalue weighted by Crippen LogP contribution is 2.40. The highest BCUT2D eigenvalue weighted by atomic mass is 32.2. The molecule has 0 unspecified atom stereocenters. The summed E-state index contributed by atoms with van der Waals surface area (Å²) in [6, 6.07) is 37.7. The lowest BCUT2D eigenvalue weighted by atomic mass is 9.80. The topological polar surface area (TPSA) is 103 Å². The summed E-state index contributed by atoms with van der Waals surface area (Å²) in [7, 11) is -4.06. The van der Waals surface area contributed by atoms with Crippen molar-refractivity contribution in [3.8, 4) is 5.88 Å². The monoisotopic (exact) mass is 710 g/mol. The van der Waals surface area contributed by atoms with Crippen LogP contribution in [0.15, 0.2) is 150 Å². The molecule has 1 atom stereocenters. The van der Waals surface area contributed by atoms with Gasteiger partial charge in [0.2, 0.25) is 5.88 Å². The molecule has 2 heterocycles. The van der Waals surface area contributed by atoms with Crippen molar-refractivity contribution >= 4 is 27.6 Å². The first-order valence-electron chi connectivity index (χ1n) is 15.6. The van der Waals surface area contributed by atoms with Crippen LogP contribution in [0.3, 0.4) is 0 Å². The molecule has 0 radical (unpaired) electrons. The normalized spacial score (nSPS) is 12.3. The number of hydrogen-bond acceptors (Lipinski definition) is 8. The first kappa shape index (κ1) is 34.7. The van der Waals surface area contributed by atoms with E-state index >= 15 is 0 Å². The van der Waals surface area contributed by atoms with Gasteiger partial charge >= 0.3 is 0 Å². The van der Waals surface area contributed by atoms with E-state index in [4.69, 9.17) is 9.47 Å². The number of nitrogens with one attached hydrogen (secondary N) is 1. The molecule has 2 aromatic heterocycles. The van der Waals surface area contributed by atoms with Crippen molar-refractivity contribution < 1.29 is 26.7 Å². The van der Waals surface area contributed by atoms with Crippen molar-refractivity contribution in [3.05, 3.63) is 174 Å². The number of nitrogens with zero attached hydrogens (tertiary/aromatic N) is 3. The molecular formula is C38H32F2N4O4S2. The molecule has 0 spiro atoms. The molecule has 6 aromatic rings. The maximum atomic E-state index is 14.4. The van der Waals surface area contributed by atoms with Gasteiger partial charge in [0.1, 0.15) is 17.5 Å². The number of thioether (sulfide) groups is 1. The van der Waals surface area contributed by atoms with Gasteiger partial charge in [0, 0.05) is 29.8 Å². The van der Waals surface area contributed by atoms with E-state index in [-0.39, 0.29) is 39.7 Å². The Morgan fingerprint density at radius 2 is 1.36 bits per heavy atom. The van der Waals surface area contributed by atoms with Crippen molar-refractivity contribution in [3.63, 3.8) is 0 Å². The second-order valence-corrected chi connectivity index (χ2v) is 13.8. The van der Waals surface area contributed by atoms with E-state index in [1.807, 2.05) is 97.9 Å². The number of pyridine rings is 1. The van der Waals surface area contributed by atoms with E-state index in [2.05, 4.69) is 19.7 Å². The molecule has 0 bridgehead atoms. The van der Waals surface area contributed by atoms with Gasteiger partial charge in [-0.25, -0.2) is 22.2 Å². The van der Waals surface area contributed by atoms with E-state index in [0.717, 1.165) is 34.5 Å². The molecule has 0 aliphatic heterocycles. The highest BCUT2D eigenvalue weighted by molar-refractivity contribution is 7.98. The van der Waals surface area contributed by atoms with Gasteiger partial charge in [-0.05, 0) is 41.8 Å². The van der Waals surface area contributed by atoms with E-state index in [9.17, 15) is 17.2 Å². The fourth-order valence-corrected chi connectivity index (χ4v) is 7.15. The molecular weight excluding hydrogens is 679 g/mol. The van der Waals surface area contributed by atoms with Crippen LogP contribution in [0.4, 0.5) is 14.6 Å². The van der Waals surface area contributed by atoms with Crippen molar-refractivity contribution in [2.24, 2.45) is 0 Å². The van der Waals surface area contributed by atoms with Crippen LogP contribution in [-0.2, 0) is 26.1 Å². The molecule has 50 heavy (non-hydrogen) atoms. The van der Waals surface area contributed by atoms with Gasteiger partial charge in [0.25, 0.3) is 10.0 Å². The number of halogens is 2. The summed E-state index contributed by atoms with van der Waals surface area (Å²) in [5, 5.41) is 0.0823. The van der Waals surface area contributed by atoms with Crippen LogP contribution in [-0.4, -0.2) is 36.1 Å². The fraction of sp³-hybridized carbons (Fsp3) is 0.132. The third kappa shape index (κ3) is 7.99. The van der Waals surface area contributed by atoms with E-state index in [1.165, 1.54) is 42.7 Å². The quantitative estimate of drug-likeness (QED) is 0.0689. The maximum absolute atomic E-state index is 14.4. The number of benzene rings is 4. The SMILES string of the molecule is C[C@H](COC(c1ccccc1)(c1ccccc1)c1ccccc1)Oc1cc(NS(=O)(=O)c2ccncc2)nc(SCc2cccc(F)c2F)n1. The standard InChI is InChI=1S/C38H32F2N4O4S2/c1-27(25-47-38(29-13-5-2-6-14-29,30-15-7-3-8-16-30)31-17-9-4-10-18-31)48-35-24-34(44-50(45,46)32-20-22-41-23-21-32)42-37(43-35)49-26-28-12-11-19-33(39)36(28)40/h2-24,27H,25-26H2,1H3,(H,42,43,44)/t27-/m1/s1. The van der Waals surface area contributed by atoms with Crippen molar-refractivity contribution in [1.29, 1.82) is 0 Å². The van der Waals surface area contributed by atoms with Crippen molar-refractivity contribution in [2.45, 2.75) is 34.4 Å². The van der Waals surface area contributed by atoms with Gasteiger partial charge in [-0.2, -0.15) is 4.98 Å². The largest absolute Gasteiger partial charge is 0.472 e. The molecule has 6 rings (SSSR count). The Kier molecular flexibility index (Phi) is 10.8. The molecule has 8 nitrogen and oxygen atoms in total. The molecule has 4 aromatic carbocycles. The Morgan fingerprint density at radius 3 is 1.94 bits per heavy atom. The van der Waals surface area contributed by atoms with Crippen LogP contribution in [0, 0.1) is 11.6 Å². The predicted molar refractivity (Wildman–Crippen MR) is 188 cm³/mol. The van der Waals surface area contributed by atoms with Crippen LogP contribution >= 0.6 is 11.8 Å². The molecule has 0 saturated carbocycles. The molecule has 0 aliphatic rings. The third-order valence-corrected chi connectivity index (χ3v) is 9.93. The van der Waals surface area contributed by atoms with E-state index < -0.39 is 33.4 Å². The van der Waals surface area contributed by atoms with Gasteiger partial charge in [0.05, 0.1) is 11.5 Å². The maximum Gasteiger partial charge on any atom is 0.263 e. The molecule has 0 aliphatic carbocycles. The Morgan fingerprint density at radius 1 is 0.780 bits per heavy atom. The molecule has 12 heteroatoms. The number of anilines is 1. The number of rotatable bonds is 14. The summed E-state index contributed by atoms with van der Waals surface area (Å²) in [6.45, 7) is 1.90. The minimum absolute atomic E-state index is 0.0179. The summed E-state index contributed by atoms with van der Waals surface area (Å²) < 4.78 is 70.2. The first-order chi connectivity index (χ1) is 24.2. The summed E-state index contributed by atoms with van der Waals surface area (Å²) in [5.74, 6) is -1.99.